The van der Waals surface area contributed by atoms with Crippen LogP contribution in [-0.4, -0.2) is 19.2 Å². The Morgan fingerprint density at radius 2 is 1.40 bits per heavy atom. The Balaban J connectivity index is 1.80. The Morgan fingerprint density at radius 3 is 2.10 bits per heavy atom. The van der Waals surface area contributed by atoms with Crippen LogP contribution in [0.2, 0.25) is 0 Å². The Labute approximate surface area is 185 Å². The maximum absolute atomic E-state index is 5.95. The molecule has 30 heavy (non-hydrogen) atoms. The van der Waals surface area contributed by atoms with Gasteiger partial charge in [0.2, 0.25) is 0 Å². The Morgan fingerprint density at radius 1 is 0.767 bits per heavy atom. The molecule has 2 aromatic rings. The molecule has 0 heterocycles. The molecule has 0 spiro atoms. The van der Waals surface area contributed by atoms with Gasteiger partial charge in [-0.3, -0.25) is 0 Å². The van der Waals surface area contributed by atoms with E-state index in [1.54, 1.807) is 0 Å². The van der Waals surface area contributed by atoms with Gasteiger partial charge in [-0.1, -0.05) is 94.7 Å². The summed E-state index contributed by atoms with van der Waals surface area (Å²) in [4.78, 5) is 2.58. The van der Waals surface area contributed by atoms with Crippen molar-refractivity contribution in [3.8, 4) is 5.75 Å². The van der Waals surface area contributed by atoms with Gasteiger partial charge < -0.3 is 9.64 Å². The van der Waals surface area contributed by atoms with E-state index in [1.165, 1.54) is 69.0 Å². The van der Waals surface area contributed by atoms with Crippen LogP contribution in [0, 0.1) is 0 Å². The highest BCUT2D eigenvalue weighted by Crippen LogP contribution is 2.25. The summed E-state index contributed by atoms with van der Waals surface area (Å²) in [5.41, 5.74) is 2.77. The third-order valence-corrected chi connectivity index (χ3v) is 6.03. The molecule has 0 aliphatic rings. The molecule has 0 amide bonds. The van der Waals surface area contributed by atoms with Gasteiger partial charge in [0.25, 0.3) is 0 Å². The number of rotatable bonds is 16. The number of hydrogen-bond acceptors (Lipinski definition) is 2. The van der Waals surface area contributed by atoms with Crippen molar-refractivity contribution in [3.05, 3.63) is 60.2 Å². The lowest BCUT2D eigenvalue weighted by atomic mass is 10.0. The zero-order chi connectivity index (χ0) is 21.4. The predicted molar refractivity (Wildman–Crippen MR) is 132 cm³/mol. The van der Waals surface area contributed by atoms with Crippen molar-refractivity contribution in [2.24, 2.45) is 0 Å². The summed E-state index contributed by atoms with van der Waals surface area (Å²) < 4.78 is 5.95. The summed E-state index contributed by atoms with van der Waals surface area (Å²) in [6, 6.07) is 19.6. The molecule has 166 valence electrons. The number of hydrogen-bond donors (Lipinski definition) is 0. The van der Waals surface area contributed by atoms with Crippen LogP contribution in [0.1, 0.15) is 84.1 Å². The molecule has 2 nitrogen and oxygen atoms in total. The maximum atomic E-state index is 5.95. The lowest BCUT2D eigenvalue weighted by molar-refractivity contribution is 0.322. The van der Waals surface area contributed by atoms with Crippen LogP contribution in [0.15, 0.2) is 54.6 Å². The fraction of sp³-hybridized carbons (Fsp3) is 0.571. The molecular weight excluding hydrogens is 366 g/mol. The first-order valence-corrected chi connectivity index (χ1v) is 12.3. The average molecular weight is 410 g/mol. The fourth-order valence-electron chi connectivity index (χ4n) is 4.25. The van der Waals surface area contributed by atoms with Crippen molar-refractivity contribution in [2.75, 3.05) is 18.1 Å². The van der Waals surface area contributed by atoms with E-state index in [2.05, 4.69) is 49.9 Å². The van der Waals surface area contributed by atoms with Gasteiger partial charge in [0.15, 0.2) is 0 Å². The summed E-state index contributed by atoms with van der Waals surface area (Å²) in [6.07, 6.45) is 13.3. The maximum Gasteiger partial charge on any atom is 0.119 e. The summed E-state index contributed by atoms with van der Waals surface area (Å²) in [5.74, 6) is 0.949. The second-order valence-electron chi connectivity index (χ2n) is 8.44. The van der Waals surface area contributed by atoms with Crippen LogP contribution in [-0.2, 0) is 6.42 Å². The lowest BCUT2D eigenvalue weighted by Gasteiger charge is -2.32. The van der Waals surface area contributed by atoms with Crippen molar-refractivity contribution in [1.82, 2.24) is 0 Å². The smallest absolute Gasteiger partial charge is 0.119 e. The monoisotopic (exact) mass is 409 g/mol. The molecule has 1 unspecified atom stereocenters. The molecule has 1 atom stereocenters. The van der Waals surface area contributed by atoms with Crippen LogP contribution in [0.25, 0.3) is 0 Å². The zero-order valence-corrected chi connectivity index (χ0v) is 19.6. The van der Waals surface area contributed by atoms with Crippen LogP contribution >= 0.6 is 0 Å². The summed E-state index contributed by atoms with van der Waals surface area (Å²) in [5, 5.41) is 0. The number of para-hydroxylation sites is 2. The van der Waals surface area contributed by atoms with Crippen molar-refractivity contribution in [3.63, 3.8) is 0 Å². The van der Waals surface area contributed by atoms with E-state index in [4.69, 9.17) is 4.74 Å². The quantitative estimate of drug-likeness (QED) is 0.260. The second kappa shape index (κ2) is 14.9. The van der Waals surface area contributed by atoms with Crippen molar-refractivity contribution >= 4 is 5.69 Å². The molecule has 0 aromatic heterocycles. The van der Waals surface area contributed by atoms with Crippen LogP contribution < -0.4 is 9.64 Å². The standard InChI is InChI=1S/C28H43NO/c1-4-6-7-8-9-10-11-13-18-25(3)29(5-2)28-22-17-16-19-26(28)23-24-30-27-20-14-12-15-21-27/h12,14-17,19-22,25H,4-11,13,18,23-24H2,1-3H3. The molecule has 2 rings (SSSR count). The van der Waals surface area contributed by atoms with E-state index in [-0.39, 0.29) is 0 Å². The molecule has 0 N–H and O–H groups in total. The first-order chi connectivity index (χ1) is 14.8. The molecule has 0 bridgehead atoms. The first-order valence-electron chi connectivity index (χ1n) is 12.3. The molecule has 2 heteroatoms. The van der Waals surface area contributed by atoms with Crippen molar-refractivity contribution in [1.29, 1.82) is 0 Å². The molecule has 2 aromatic carbocycles. The van der Waals surface area contributed by atoms with E-state index in [0.29, 0.717) is 12.6 Å². The summed E-state index contributed by atoms with van der Waals surface area (Å²) >= 11 is 0. The zero-order valence-electron chi connectivity index (χ0n) is 19.6. The van der Waals surface area contributed by atoms with Gasteiger partial charge in [-0.15, -0.1) is 0 Å². The van der Waals surface area contributed by atoms with Gasteiger partial charge in [0.05, 0.1) is 6.61 Å². The highest BCUT2D eigenvalue weighted by molar-refractivity contribution is 5.54. The SMILES string of the molecule is CCCCCCCCCCC(C)N(CC)c1ccccc1CCOc1ccccc1. The van der Waals surface area contributed by atoms with Crippen LogP contribution in [0.5, 0.6) is 5.75 Å². The van der Waals surface area contributed by atoms with E-state index < -0.39 is 0 Å². The van der Waals surface area contributed by atoms with Crippen LogP contribution in [0.4, 0.5) is 5.69 Å². The summed E-state index contributed by atoms with van der Waals surface area (Å²) in [7, 11) is 0. The third kappa shape index (κ3) is 8.81. The van der Waals surface area contributed by atoms with Crippen LogP contribution in [0.3, 0.4) is 0 Å². The number of nitrogens with zero attached hydrogens (tertiary/aromatic N) is 1. The number of ether oxygens (including phenoxy) is 1. The van der Waals surface area contributed by atoms with Crippen molar-refractivity contribution < 1.29 is 4.74 Å². The van der Waals surface area contributed by atoms with E-state index in [9.17, 15) is 0 Å². The van der Waals surface area contributed by atoms with E-state index in [0.717, 1.165) is 18.7 Å². The highest BCUT2D eigenvalue weighted by atomic mass is 16.5. The molecule has 0 fully saturated rings. The number of unbranched alkanes of at least 4 members (excludes halogenated alkanes) is 7. The number of benzene rings is 2. The first kappa shape index (κ1) is 24.3. The minimum atomic E-state index is 0.575. The van der Waals surface area contributed by atoms with E-state index >= 15 is 0 Å². The second-order valence-corrected chi connectivity index (χ2v) is 8.44. The Kier molecular flexibility index (Phi) is 12.1. The molecular formula is C28H43NO. The average Bonchev–Trinajstić information content (AvgIpc) is 2.78. The molecule has 0 saturated carbocycles. The van der Waals surface area contributed by atoms with Gasteiger partial charge in [0, 0.05) is 24.7 Å². The number of anilines is 1. The van der Waals surface area contributed by atoms with Gasteiger partial charge in [0.1, 0.15) is 5.75 Å². The third-order valence-electron chi connectivity index (χ3n) is 6.03. The van der Waals surface area contributed by atoms with Crippen molar-refractivity contribution in [2.45, 2.75) is 91.0 Å². The van der Waals surface area contributed by atoms with Gasteiger partial charge >= 0.3 is 0 Å². The predicted octanol–water partition coefficient (Wildman–Crippen LogP) is 8.05. The van der Waals surface area contributed by atoms with E-state index in [1.807, 2.05) is 30.3 Å². The minimum Gasteiger partial charge on any atom is -0.493 e. The Hall–Kier alpha value is -1.96. The molecule has 0 aliphatic carbocycles. The topological polar surface area (TPSA) is 12.5 Å². The summed E-state index contributed by atoms with van der Waals surface area (Å²) in [6.45, 7) is 8.72. The normalized spacial score (nSPS) is 12.0. The minimum absolute atomic E-state index is 0.575. The molecule has 0 aliphatic heterocycles. The lowest BCUT2D eigenvalue weighted by Crippen LogP contribution is -2.33. The van der Waals surface area contributed by atoms with Gasteiger partial charge in [-0.2, -0.15) is 0 Å². The highest BCUT2D eigenvalue weighted by Gasteiger charge is 2.15. The molecule has 0 saturated heterocycles. The van der Waals surface area contributed by atoms with Gasteiger partial charge in [-0.05, 0) is 44.0 Å². The largest absolute Gasteiger partial charge is 0.493 e. The fourth-order valence-corrected chi connectivity index (χ4v) is 4.25. The van der Waals surface area contributed by atoms with Gasteiger partial charge in [-0.25, -0.2) is 0 Å². The Bertz CT molecular complexity index is 669. The molecule has 0 radical (unpaired) electrons.